The molecule has 0 amide bonds. The Morgan fingerprint density at radius 1 is 1.47 bits per heavy atom. The fourth-order valence-corrected chi connectivity index (χ4v) is 2.17. The summed E-state index contributed by atoms with van der Waals surface area (Å²) in [6.07, 6.45) is 1.67. The van der Waals surface area contributed by atoms with Crippen molar-refractivity contribution in [1.82, 2.24) is 4.31 Å². The molecule has 0 fully saturated rings. The highest BCUT2D eigenvalue weighted by Crippen LogP contribution is 2.23. The summed E-state index contributed by atoms with van der Waals surface area (Å²) in [4.78, 5) is 0.211. The molecule has 0 aliphatic rings. The van der Waals surface area contributed by atoms with Gasteiger partial charge in [0, 0.05) is 20.6 Å². The van der Waals surface area contributed by atoms with Crippen molar-refractivity contribution >= 4 is 21.4 Å². The predicted molar refractivity (Wildman–Crippen MR) is 70.4 cm³/mol. The maximum atomic E-state index is 11.9. The smallest absolute Gasteiger partial charge is 0.242 e. The van der Waals surface area contributed by atoms with Gasteiger partial charge >= 0.3 is 0 Å². The third-order valence-electron chi connectivity index (χ3n) is 2.24. The molecule has 0 aliphatic carbocycles. The monoisotopic (exact) mass is 255 g/mol. The van der Waals surface area contributed by atoms with E-state index in [4.69, 9.17) is 5.73 Å². The molecule has 0 aromatic heterocycles. The van der Waals surface area contributed by atoms with E-state index in [2.05, 4.69) is 11.9 Å². The first-order valence-corrected chi connectivity index (χ1v) is 6.50. The van der Waals surface area contributed by atoms with Crippen molar-refractivity contribution in [2.75, 3.05) is 31.7 Å². The van der Waals surface area contributed by atoms with Crippen LogP contribution in [-0.2, 0) is 10.0 Å². The Kier molecular flexibility index (Phi) is 4.14. The van der Waals surface area contributed by atoms with Gasteiger partial charge in [-0.3, -0.25) is 0 Å². The van der Waals surface area contributed by atoms with Crippen LogP contribution in [0, 0.1) is 0 Å². The molecule has 0 saturated heterocycles. The molecule has 3 N–H and O–H groups in total. The van der Waals surface area contributed by atoms with E-state index < -0.39 is 10.0 Å². The SMILES string of the molecule is C=CCNc1cc(S(=O)(=O)N(C)C)ccc1N. The highest BCUT2D eigenvalue weighted by molar-refractivity contribution is 7.89. The largest absolute Gasteiger partial charge is 0.397 e. The molecule has 17 heavy (non-hydrogen) atoms. The molecule has 1 aromatic carbocycles. The second kappa shape index (κ2) is 5.20. The molecule has 0 unspecified atom stereocenters. The summed E-state index contributed by atoms with van der Waals surface area (Å²) < 4.78 is 25.0. The molecular formula is C11H17N3O2S. The lowest BCUT2D eigenvalue weighted by Gasteiger charge is -2.14. The molecule has 0 spiro atoms. The van der Waals surface area contributed by atoms with Crippen LogP contribution >= 0.6 is 0 Å². The number of nitrogens with one attached hydrogen (secondary N) is 1. The molecule has 0 bridgehead atoms. The predicted octanol–water partition coefficient (Wildman–Crippen LogP) is 1.12. The number of nitrogens with zero attached hydrogens (tertiary/aromatic N) is 1. The second-order valence-electron chi connectivity index (χ2n) is 3.71. The van der Waals surface area contributed by atoms with E-state index >= 15 is 0 Å². The van der Waals surface area contributed by atoms with Gasteiger partial charge in [0.05, 0.1) is 16.3 Å². The van der Waals surface area contributed by atoms with Crippen LogP contribution in [0.15, 0.2) is 35.7 Å². The number of hydrogen-bond acceptors (Lipinski definition) is 4. The van der Waals surface area contributed by atoms with Crippen molar-refractivity contribution in [2.24, 2.45) is 0 Å². The van der Waals surface area contributed by atoms with E-state index in [9.17, 15) is 8.42 Å². The first kappa shape index (κ1) is 13.5. The van der Waals surface area contributed by atoms with Gasteiger partial charge < -0.3 is 11.1 Å². The number of nitrogens with two attached hydrogens (primary N) is 1. The lowest BCUT2D eigenvalue weighted by atomic mass is 10.2. The highest BCUT2D eigenvalue weighted by Gasteiger charge is 2.17. The van der Waals surface area contributed by atoms with E-state index in [0.29, 0.717) is 17.9 Å². The van der Waals surface area contributed by atoms with Crippen LogP contribution in [0.2, 0.25) is 0 Å². The van der Waals surface area contributed by atoms with Crippen molar-refractivity contribution in [3.63, 3.8) is 0 Å². The van der Waals surface area contributed by atoms with Gasteiger partial charge in [0.1, 0.15) is 0 Å². The van der Waals surface area contributed by atoms with Gasteiger partial charge in [0.2, 0.25) is 10.0 Å². The van der Waals surface area contributed by atoms with E-state index in [1.54, 1.807) is 12.1 Å². The molecule has 0 atom stereocenters. The molecule has 0 radical (unpaired) electrons. The van der Waals surface area contributed by atoms with Crippen LogP contribution in [0.4, 0.5) is 11.4 Å². The molecule has 6 heteroatoms. The second-order valence-corrected chi connectivity index (χ2v) is 5.86. The number of hydrogen-bond donors (Lipinski definition) is 2. The molecule has 1 aromatic rings. The minimum absolute atomic E-state index is 0.211. The molecule has 0 saturated carbocycles. The van der Waals surface area contributed by atoms with Crippen LogP contribution in [-0.4, -0.2) is 33.4 Å². The Labute approximate surface area is 102 Å². The molecule has 1 rings (SSSR count). The quantitative estimate of drug-likeness (QED) is 0.610. The number of rotatable bonds is 5. The van der Waals surface area contributed by atoms with E-state index in [0.717, 1.165) is 4.31 Å². The van der Waals surface area contributed by atoms with Gasteiger partial charge in [-0.25, -0.2) is 12.7 Å². The summed E-state index contributed by atoms with van der Waals surface area (Å²) in [5, 5.41) is 2.99. The average Bonchev–Trinajstić information content (AvgIpc) is 2.27. The lowest BCUT2D eigenvalue weighted by Crippen LogP contribution is -2.22. The van der Waals surface area contributed by atoms with E-state index in [1.807, 2.05) is 0 Å². The van der Waals surface area contributed by atoms with Crippen LogP contribution in [0.3, 0.4) is 0 Å². The Hall–Kier alpha value is -1.53. The fourth-order valence-electron chi connectivity index (χ4n) is 1.24. The van der Waals surface area contributed by atoms with Gasteiger partial charge in [-0.1, -0.05) is 6.08 Å². The fraction of sp³-hybridized carbons (Fsp3) is 0.273. The molecule has 0 aliphatic heterocycles. The zero-order valence-electron chi connectivity index (χ0n) is 9.97. The zero-order chi connectivity index (χ0) is 13.1. The molecule has 5 nitrogen and oxygen atoms in total. The minimum atomic E-state index is -3.43. The third kappa shape index (κ3) is 2.98. The Bertz CT molecular complexity index is 509. The number of sulfonamides is 1. The molecule has 94 valence electrons. The van der Waals surface area contributed by atoms with Gasteiger partial charge in [0.15, 0.2) is 0 Å². The van der Waals surface area contributed by atoms with Gasteiger partial charge in [0.25, 0.3) is 0 Å². The summed E-state index contributed by atoms with van der Waals surface area (Å²) in [5.41, 5.74) is 6.84. The van der Waals surface area contributed by atoms with Crippen LogP contribution < -0.4 is 11.1 Å². The van der Waals surface area contributed by atoms with Crippen molar-refractivity contribution in [1.29, 1.82) is 0 Å². The van der Waals surface area contributed by atoms with Crippen molar-refractivity contribution in [3.05, 3.63) is 30.9 Å². The van der Waals surface area contributed by atoms with Crippen molar-refractivity contribution in [3.8, 4) is 0 Å². The maximum Gasteiger partial charge on any atom is 0.242 e. The number of nitrogen functional groups attached to an aromatic ring is 1. The van der Waals surface area contributed by atoms with Gasteiger partial charge in [-0.05, 0) is 18.2 Å². The molecule has 0 heterocycles. The van der Waals surface area contributed by atoms with Crippen LogP contribution in [0.5, 0.6) is 0 Å². The topological polar surface area (TPSA) is 75.4 Å². The maximum absolute atomic E-state index is 11.9. The van der Waals surface area contributed by atoms with Crippen molar-refractivity contribution in [2.45, 2.75) is 4.90 Å². The Morgan fingerprint density at radius 2 is 2.12 bits per heavy atom. The van der Waals surface area contributed by atoms with E-state index in [-0.39, 0.29) is 4.90 Å². The summed E-state index contributed by atoms with van der Waals surface area (Å²) in [5.74, 6) is 0. The first-order chi connectivity index (χ1) is 7.89. The number of anilines is 2. The third-order valence-corrected chi connectivity index (χ3v) is 4.05. The normalized spacial score (nSPS) is 11.5. The Balaban J connectivity index is 3.17. The number of benzene rings is 1. The van der Waals surface area contributed by atoms with E-state index in [1.165, 1.54) is 26.2 Å². The highest BCUT2D eigenvalue weighted by atomic mass is 32.2. The minimum Gasteiger partial charge on any atom is -0.397 e. The summed E-state index contributed by atoms with van der Waals surface area (Å²) in [7, 11) is -0.452. The Morgan fingerprint density at radius 3 is 2.65 bits per heavy atom. The standard InChI is InChI=1S/C11H17N3O2S/c1-4-7-13-11-8-9(5-6-10(11)12)17(15,16)14(2)3/h4-6,8,13H,1,7,12H2,2-3H3. The first-order valence-electron chi connectivity index (χ1n) is 5.06. The van der Waals surface area contributed by atoms with Crippen LogP contribution in [0.25, 0.3) is 0 Å². The van der Waals surface area contributed by atoms with Crippen LogP contribution in [0.1, 0.15) is 0 Å². The van der Waals surface area contributed by atoms with Gasteiger partial charge in [-0.2, -0.15) is 0 Å². The molecular weight excluding hydrogens is 238 g/mol. The summed E-state index contributed by atoms with van der Waals surface area (Å²) in [6.45, 7) is 4.10. The average molecular weight is 255 g/mol. The lowest BCUT2D eigenvalue weighted by molar-refractivity contribution is 0.521. The summed E-state index contributed by atoms with van der Waals surface area (Å²) in [6, 6.07) is 4.58. The zero-order valence-corrected chi connectivity index (χ0v) is 10.8. The van der Waals surface area contributed by atoms with Crippen molar-refractivity contribution < 1.29 is 8.42 Å². The summed E-state index contributed by atoms with van der Waals surface area (Å²) >= 11 is 0. The van der Waals surface area contributed by atoms with Gasteiger partial charge in [-0.15, -0.1) is 6.58 Å².